The van der Waals surface area contributed by atoms with Gasteiger partial charge in [0.25, 0.3) is 23.6 Å². The third-order valence-corrected chi connectivity index (χ3v) is 16.2. The number of ether oxygens (including phenoxy) is 2. The lowest BCUT2D eigenvalue weighted by Gasteiger charge is -2.43. The van der Waals surface area contributed by atoms with Crippen LogP contribution < -0.4 is 20.7 Å². The van der Waals surface area contributed by atoms with Crippen molar-refractivity contribution < 1.29 is 71.0 Å². The topological polar surface area (TPSA) is 258 Å². The average molecular weight is 1120 g/mol. The zero-order valence-corrected chi connectivity index (χ0v) is 44.8. The third kappa shape index (κ3) is 12.0. The molecule has 4 aliphatic heterocycles. The van der Waals surface area contributed by atoms with Gasteiger partial charge in [0.15, 0.2) is 6.61 Å². The largest absolute Gasteiger partial charge is 0.484 e. The summed E-state index contributed by atoms with van der Waals surface area (Å²) in [6.45, 7) is 5.80. The number of benzene rings is 4. The Balaban J connectivity index is 0.854. The van der Waals surface area contributed by atoms with Gasteiger partial charge < -0.3 is 39.7 Å². The van der Waals surface area contributed by atoms with E-state index in [0.717, 1.165) is 39.5 Å². The normalized spacial score (nSPS) is 19.0. The van der Waals surface area contributed by atoms with Gasteiger partial charge in [0.1, 0.15) is 30.0 Å². The first-order valence-electron chi connectivity index (χ1n) is 25.4. The summed E-state index contributed by atoms with van der Waals surface area (Å²) in [5.74, 6) is 1.83. The second kappa shape index (κ2) is 22.6. The van der Waals surface area contributed by atoms with Crippen LogP contribution in [-0.4, -0.2) is 123 Å². The van der Waals surface area contributed by atoms with Crippen molar-refractivity contribution in [1.82, 2.24) is 30.7 Å². The zero-order chi connectivity index (χ0) is 56.6. The summed E-state index contributed by atoms with van der Waals surface area (Å²) in [5, 5.41) is 7.93. The van der Waals surface area contributed by atoms with Crippen molar-refractivity contribution in [2.75, 3.05) is 32.8 Å². The van der Waals surface area contributed by atoms with Crippen molar-refractivity contribution in [1.29, 1.82) is 0 Å². The van der Waals surface area contributed by atoms with Gasteiger partial charge in [-0.1, -0.05) is 75.1 Å². The predicted molar refractivity (Wildman–Crippen MR) is 282 cm³/mol. The quantitative estimate of drug-likeness (QED) is 0.0396. The second-order valence-electron chi connectivity index (χ2n) is 20.6. The highest BCUT2D eigenvalue weighted by atomic mass is 32.1. The summed E-state index contributed by atoms with van der Waals surface area (Å²) in [6, 6.07) is 20.2. The maximum absolute atomic E-state index is 15.1. The number of hydrogen-bond acceptors (Lipinski definition) is 12. The minimum absolute atomic E-state index is 0.00823. The fraction of sp³-hybridized carbons (Fsp3) is 0.357. The number of piperidine rings is 1. The van der Waals surface area contributed by atoms with Crippen molar-refractivity contribution in [3.63, 3.8) is 0 Å². The summed E-state index contributed by atoms with van der Waals surface area (Å²) in [6.07, 6.45) is 0.576. The Morgan fingerprint density at radius 1 is 0.937 bits per heavy atom. The minimum atomic E-state index is -5.87. The fourth-order valence-corrected chi connectivity index (χ4v) is 11.3. The molecule has 0 aliphatic carbocycles. The maximum Gasteiger partial charge on any atom is 0.399 e. The Labute approximate surface area is 456 Å². The first-order valence-corrected chi connectivity index (χ1v) is 27.8. The van der Waals surface area contributed by atoms with Gasteiger partial charge >= 0.3 is 13.3 Å². The minimum Gasteiger partial charge on any atom is -0.484 e. The molecule has 2 fully saturated rings. The van der Waals surface area contributed by atoms with Crippen LogP contribution in [0.25, 0.3) is 10.1 Å². The highest BCUT2D eigenvalue weighted by Gasteiger charge is 2.51. The van der Waals surface area contributed by atoms with Crippen LogP contribution in [0, 0.1) is 17.3 Å². The van der Waals surface area contributed by atoms with Crippen LogP contribution in [0.1, 0.15) is 111 Å². The molecule has 5 aromatic rings. The van der Waals surface area contributed by atoms with Crippen molar-refractivity contribution in [2.45, 2.75) is 89.3 Å². The molecule has 0 saturated carbocycles. The molecule has 2 saturated heterocycles. The van der Waals surface area contributed by atoms with Gasteiger partial charge in [-0.3, -0.25) is 53.1 Å². The van der Waals surface area contributed by atoms with Gasteiger partial charge in [0.2, 0.25) is 23.6 Å². The van der Waals surface area contributed by atoms with Gasteiger partial charge in [-0.05, 0) is 88.9 Å². The van der Waals surface area contributed by atoms with Crippen molar-refractivity contribution >= 4 is 76.3 Å². The van der Waals surface area contributed by atoms with Crippen LogP contribution in [0.5, 0.6) is 5.75 Å². The van der Waals surface area contributed by atoms with Crippen molar-refractivity contribution in [3.8, 4) is 17.6 Å². The van der Waals surface area contributed by atoms with Crippen LogP contribution >= 0.6 is 18.9 Å². The number of halogens is 2. The Hall–Kier alpha value is -7.67. The van der Waals surface area contributed by atoms with E-state index in [1.54, 1.807) is 49.9 Å². The van der Waals surface area contributed by atoms with E-state index in [0.29, 0.717) is 34.4 Å². The molecule has 4 aliphatic rings. The molecule has 9 rings (SSSR count). The van der Waals surface area contributed by atoms with Crippen LogP contribution in [0.15, 0.2) is 91.0 Å². The number of unbranched alkanes of at least 4 members (excludes halogenated alkanes) is 1. The third-order valence-electron chi connectivity index (χ3n) is 14.1. The molecular formula is C56H55F2N6O13PS. The summed E-state index contributed by atoms with van der Waals surface area (Å²) in [4.78, 5) is 130. The molecule has 5 heterocycles. The van der Waals surface area contributed by atoms with E-state index in [1.165, 1.54) is 29.2 Å². The molecule has 4 aromatic carbocycles. The molecule has 8 amide bonds. The summed E-state index contributed by atoms with van der Waals surface area (Å²) in [5.41, 5.74) is -3.34. The molecule has 1 aromatic heterocycles. The van der Waals surface area contributed by atoms with Crippen LogP contribution in [0.3, 0.4) is 0 Å². The lowest BCUT2D eigenvalue weighted by atomic mass is 9.84. The number of fused-ring (bicyclic) bond motifs is 3. The van der Waals surface area contributed by atoms with E-state index < -0.39 is 89.8 Å². The predicted octanol–water partition coefficient (Wildman–Crippen LogP) is 5.55. The Bertz CT molecular complexity index is 3420. The lowest BCUT2D eigenvalue weighted by Crippen LogP contribution is -2.61. The molecule has 5 N–H and O–H groups in total. The average Bonchev–Trinajstić information content (AvgIpc) is 4.24. The zero-order valence-electron chi connectivity index (χ0n) is 43.1. The van der Waals surface area contributed by atoms with Crippen LogP contribution in [-0.2, 0) is 51.9 Å². The number of morpholine rings is 1. The highest BCUT2D eigenvalue weighted by Crippen LogP contribution is 2.59. The van der Waals surface area contributed by atoms with E-state index in [1.807, 2.05) is 30.3 Å². The number of thiophene rings is 1. The SMILES string of the molecule is CC(C)(C)[C@H](NC(=O)c1cc2cc(C(F)(F)P(=O)(O)O)ccc2s1)C(=O)N1Cc2cc(OCC(=O)NCCCC#Cc3ccc4c(c3)C(=O)N(C3CCC(=O)NC3=O)C4=O)ccc2C[C@H]1C(=O)N1CCOC(c2ccccc2)C1. The number of nitrogens with zero attached hydrogens (tertiary/aromatic N) is 3. The van der Waals surface area contributed by atoms with E-state index in [9.17, 15) is 56.7 Å². The molecule has 412 valence electrons. The number of carbonyl (C=O) groups is 8. The van der Waals surface area contributed by atoms with Crippen molar-refractivity contribution in [2.24, 2.45) is 5.41 Å². The van der Waals surface area contributed by atoms with E-state index in [2.05, 4.69) is 27.8 Å². The number of amides is 8. The molecule has 79 heavy (non-hydrogen) atoms. The summed E-state index contributed by atoms with van der Waals surface area (Å²) < 4.78 is 53.2. The molecule has 0 bridgehead atoms. The molecule has 0 spiro atoms. The second-order valence-corrected chi connectivity index (χ2v) is 23.4. The van der Waals surface area contributed by atoms with E-state index in [-0.39, 0.29) is 86.0 Å². The Morgan fingerprint density at radius 3 is 2.43 bits per heavy atom. The van der Waals surface area contributed by atoms with Gasteiger partial charge in [-0.15, -0.1) is 11.3 Å². The monoisotopic (exact) mass is 1120 g/mol. The smallest absolute Gasteiger partial charge is 0.399 e. The number of imide groups is 2. The first kappa shape index (κ1) is 56.1. The van der Waals surface area contributed by atoms with Crippen LogP contribution in [0.4, 0.5) is 8.78 Å². The first-order chi connectivity index (χ1) is 37.5. The molecule has 4 atom stereocenters. The maximum atomic E-state index is 15.1. The Kier molecular flexibility index (Phi) is 16.0. The van der Waals surface area contributed by atoms with Gasteiger partial charge in [-0.2, -0.15) is 8.78 Å². The van der Waals surface area contributed by atoms with Crippen molar-refractivity contribution in [3.05, 3.63) is 135 Å². The van der Waals surface area contributed by atoms with Gasteiger partial charge in [-0.25, -0.2) is 0 Å². The molecular weight excluding hydrogens is 1070 g/mol. The number of carbonyl (C=O) groups excluding carboxylic acids is 8. The van der Waals surface area contributed by atoms with E-state index in [4.69, 9.17) is 9.47 Å². The number of hydrogen-bond donors (Lipinski definition) is 5. The van der Waals surface area contributed by atoms with E-state index >= 15 is 4.79 Å². The fourth-order valence-electron chi connectivity index (χ4n) is 9.88. The molecule has 23 heteroatoms. The summed E-state index contributed by atoms with van der Waals surface area (Å²) >= 11 is 0.938. The van der Waals surface area contributed by atoms with Gasteiger partial charge in [0, 0.05) is 54.7 Å². The molecule has 19 nitrogen and oxygen atoms in total. The van der Waals surface area contributed by atoms with Crippen LogP contribution in [0.2, 0.25) is 0 Å². The molecule has 0 radical (unpaired) electrons. The Morgan fingerprint density at radius 2 is 1.70 bits per heavy atom. The molecule has 2 unspecified atom stereocenters. The summed E-state index contributed by atoms with van der Waals surface area (Å²) in [7, 11) is -5.87. The lowest BCUT2D eigenvalue weighted by molar-refractivity contribution is -0.153. The number of rotatable bonds is 14. The number of nitrogens with one attached hydrogen (secondary N) is 3. The standard InChI is InChI=1S/C56H55F2N6O13PS/c1-55(2,3)48(61-50(68)45-28-35-25-37(15-19-44(35)79-45)56(57,58)78(73,74)75)54(72)63-29-36-26-38(16-14-34(36)27-42(63)53(71)62-22-23-76-43(30-62)33-11-7-4-8-12-33)77-31-47(66)59-21-9-5-6-10-32-13-17-39-40(24-32)52(70)64(51(39)69)41-18-20-46(65)60-49(41)67/h4,7-8,11-17,19,24-26,28,41-43,48H,5,9,18,20-23,27,29-31H2,1-3H3,(H,59,66)(H,61,68)(H,60,65,67)(H2,73,74,75)/t41?,42-,43?,48+/m0/s1. The van der Waals surface area contributed by atoms with Gasteiger partial charge in [0.05, 0.1) is 29.2 Å². The number of alkyl halides is 2. The highest BCUT2D eigenvalue weighted by molar-refractivity contribution is 7.52.